The quantitative estimate of drug-likeness (QED) is 0.392. The molecule has 0 saturated heterocycles. The van der Waals surface area contributed by atoms with E-state index >= 15 is 0 Å². The SMILES string of the molecule is CC=CCCCCCCCCOC(C)(C)C. The summed E-state index contributed by atoms with van der Waals surface area (Å²) >= 11 is 0. The van der Waals surface area contributed by atoms with E-state index < -0.39 is 0 Å². The van der Waals surface area contributed by atoms with E-state index in [9.17, 15) is 0 Å². The van der Waals surface area contributed by atoms with E-state index in [0.29, 0.717) is 0 Å². The van der Waals surface area contributed by atoms with Crippen LogP contribution in [-0.4, -0.2) is 12.2 Å². The molecule has 0 aliphatic heterocycles. The van der Waals surface area contributed by atoms with Crippen molar-refractivity contribution in [1.82, 2.24) is 0 Å². The van der Waals surface area contributed by atoms with Gasteiger partial charge in [0.15, 0.2) is 0 Å². The third kappa shape index (κ3) is 13.7. The predicted octanol–water partition coefficient (Wildman–Crippen LogP) is 5.11. The second kappa shape index (κ2) is 9.89. The van der Waals surface area contributed by atoms with Crippen LogP contribution in [0.2, 0.25) is 0 Å². The topological polar surface area (TPSA) is 9.23 Å². The lowest BCUT2D eigenvalue weighted by Gasteiger charge is -2.19. The Hall–Kier alpha value is -0.300. The molecule has 0 fully saturated rings. The third-order valence-corrected chi connectivity index (χ3v) is 2.54. The Labute approximate surface area is 102 Å². The van der Waals surface area contributed by atoms with Crippen LogP contribution >= 0.6 is 0 Å². The van der Waals surface area contributed by atoms with Crippen LogP contribution in [-0.2, 0) is 4.74 Å². The molecule has 0 aliphatic carbocycles. The van der Waals surface area contributed by atoms with Crippen molar-refractivity contribution in [3.63, 3.8) is 0 Å². The second-order valence-electron chi connectivity index (χ2n) is 5.44. The van der Waals surface area contributed by atoms with Crippen molar-refractivity contribution < 1.29 is 4.74 Å². The standard InChI is InChI=1S/C15H30O/c1-5-6-7-8-9-10-11-12-13-14-16-15(2,3)4/h5-6H,7-14H2,1-4H3. The van der Waals surface area contributed by atoms with E-state index in [2.05, 4.69) is 39.8 Å². The molecule has 0 atom stereocenters. The van der Waals surface area contributed by atoms with Gasteiger partial charge in [0.2, 0.25) is 0 Å². The fraction of sp³-hybridized carbons (Fsp3) is 0.867. The maximum absolute atomic E-state index is 5.68. The summed E-state index contributed by atoms with van der Waals surface area (Å²) in [6, 6.07) is 0. The molecule has 96 valence electrons. The zero-order valence-electron chi connectivity index (χ0n) is 11.7. The Morgan fingerprint density at radius 3 is 2.00 bits per heavy atom. The normalized spacial score (nSPS) is 12.5. The van der Waals surface area contributed by atoms with Crippen LogP contribution in [0.3, 0.4) is 0 Å². The van der Waals surface area contributed by atoms with Crippen molar-refractivity contribution in [1.29, 1.82) is 0 Å². The van der Waals surface area contributed by atoms with E-state index in [0.717, 1.165) is 6.61 Å². The minimum atomic E-state index is 0.0342. The van der Waals surface area contributed by atoms with Crippen LogP contribution in [0.15, 0.2) is 12.2 Å². The smallest absolute Gasteiger partial charge is 0.0598 e. The molecular formula is C15H30O. The van der Waals surface area contributed by atoms with Gasteiger partial charge in [-0.1, -0.05) is 37.8 Å². The number of ether oxygens (including phenoxy) is 1. The van der Waals surface area contributed by atoms with Gasteiger partial charge in [0.1, 0.15) is 0 Å². The molecule has 0 rings (SSSR count). The van der Waals surface area contributed by atoms with Gasteiger partial charge in [0.25, 0.3) is 0 Å². The van der Waals surface area contributed by atoms with Gasteiger partial charge in [0, 0.05) is 6.61 Å². The lowest BCUT2D eigenvalue weighted by atomic mass is 10.1. The summed E-state index contributed by atoms with van der Waals surface area (Å²) in [5.74, 6) is 0. The van der Waals surface area contributed by atoms with Crippen LogP contribution in [0.1, 0.15) is 72.6 Å². The van der Waals surface area contributed by atoms with Crippen molar-refractivity contribution in [3.8, 4) is 0 Å². The fourth-order valence-corrected chi connectivity index (χ4v) is 1.62. The molecule has 0 amide bonds. The van der Waals surface area contributed by atoms with Gasteiger partial charge in [-0.2, -0.15) is 0 Å². The molecule has 0 bridgehead atoms. The first-order valence-corrected chi connectivity index (χ1v) is 6.81. The number of rotatable bonds is 9. The molecule has 0 aromatic heterocycles. The van der Waals surface area contributed by atoms with Crippen molar-refractivity contribution in [2.24, 2.45) is 0 Å². The summed E-state index contributed by atoms with van der Waals surface area (Å²) < 4.78 is 5.68. The maximum Gasteiger partial charge on any atom is 0.0598 e. The Morgan fingerprint density at radius 2 is 1.44 bits per heavy atom. The first kappa shape index (κ1) is 15.7. The molecule has 0 aliphatic rings. The van der Waals surface area contributed by atoms with Crippen molar-refractivity contribution in [3.05, 3.63) is 12.2 Å². The molecule has 1 nitrogen and oxygen atoms in total. The maximum atomic E-state index is 5.68. The molecule has 1 heteroatoms. The Bertz CT molecular complexity index is 165. The minimum Gasteiger partial charge on any atom is -0.376 e. The highest BCUT2D eigenvalue weighted by Crippen LogP contribution is 2.10. The molecule has 0 unspecified atom stereocenters. The first-order chi connectivity index (χ1) is 7.56. The molecule has 0 aromatic carbocycles. The average Bonchev–Trinajstić information content (AvgIpc) is 2.19. The highest BCUT2D eigenvalue weighted by Gasteiger charge is 2.08. The molecule has 0 saturated carbocycles. The molecule has 0 radical (unpaired) electrons. The molecule has 16 heavy (non-hydrogen) atoms. The fourth-order valence-electron chi connectivity index (χ4n) is 1.62. The monoisotopic (exact) mass is 226 g/mol. The summed E-state index contributed by atoms with van der Waals surface area (Å²) in [7, 11) is 0. The lowest BCUT2D eigenvalue weighted by Crippen LogP contribution is -2.19. The molecular weight excluding hydrogens is 196 g/mol. The van der Waals surface area contributed by atoms with E-state index in [-0.39, 0.29) is 5.60 Å². The minimum absolute atomic E-state index is 0.0342. The number of unbranched alkanes of at least 4 members (excludes halogenated alkanes) is 6. The van der Waals surface area contributed by atoms with Crippen LogP contribution in [0.4, 0.5) is 0 Å². The number of allylic oxidation sites excluding steroid dienone is 2. The van der Waals surface area contributed by atoms with Gasteiger partial charge in [0.05, 0.1) is 5.60 Å². The summed E-state index contributed by atoms with van der Waals surface area (Å²) in [5.41, 5.74) is 0.0342. The first-order valence-electron chi connectivity index (χ1n) is 6.81. The molecule has 0 N–H and O–H groups in total. The summed E-state index contributed by atoms with van der Waals surface area (Å²) in [5, 5.41) is 0. The summed E-state index contributed by atoms with van der Waals surface area (Å²) in [6.45, 7) is 9.37. The van der Waals surface area contributed by atoms with Gasteiger partial charge in [-0.25, -0.2) is 0 Å². The largest absolute Gasteiger partial charge is 0.376 e. The highest BCUT2D eigenvalue weighted by atomic mass is 16.5. The average molecular weight is 226 g/mol. The zero-order chi connectivity index (χ0) is 12.3. The van der Waals surface area contributed by atoms with Gasteiger partial charge in [-0.05, 0) is 47.0 Å². The number of hydrogen-bond donors (Lipinski definition) is 0. The van der Waals surface area contributed by atoms with E-state index in [1.165, 1.54) is 44.9 Å². The van der Waals surface area contributed by atoms with Gasteiger partial charge < -0.3 is 4.74 Å². The zero-order valence-corrected chi connectivity index (χ0v) is 11.7. The van der Waals surface area contributed by atoms with Gasteiger partial charge in [-0.3, -0.25) is 0 Å². The summed E-state index contributed by atoms with van der Waals surface area (Å²) in [4.78, 5) is 0. The molecule has 0 heterocycles. The molecule has 0 spiro atoms. The Balaban J connectivity index is 3.04. The molecule has 0 aromatic rings. The van der Waals surface area contributed by atoms with E-state index in [4.69, 9.17) is 4.74 Å². The van der Waals surface area contributed by atoms with Crippen LogP contribution in [0.25, 0.3) is 0 Å². The highest BCUT2D eigenvalue weighted by molar-refractivity contribution is 4.76. The van der Waals surface area contributed by atoms with E-state index in [1.54, 1.807) is 0 Å². The lowest BCUT2D eigenvalue weighted by molar-refractivity contribution is -0.00474. The van der Waals surface area contributed by atoms with E-state index in [1.807, 2.05) is 0 Å². The van der Waals surface area contributed by atoms with Crippen LogP contribution < -0.4 is 0 Å². The Morgan fingerprint density at radius 1 is 0.875 bits per heavy atom. The second-order valence-corrected chi connectivity index (χ2v) is 5.44. The van der Waals surface area contributed by atoms with Crippen LogP contribution in [0, 0.1) is 0 Å². The predicted molar refractivity (Wildman–Crippen MR) is 72.8 cm³/mol. The van der Waals surface area contributed by atoms with Gasteiger partial charge >= 0.3 is 0 Å². The number of hydrogen-bond acceptors (Lipinski definition) is 1. The van der Waals surface area contributed by atoms with Crippen LogP contribution in [0.5, 0.6) is 0 Å². The van der Waals surface area contributed by atoms with Crippen molar-refractivity contribution in [2.75, 3.05) is 6.61 Å². The third-order valence-electron chi connectivity index (χ3n) is 2.54. The van der Waals surface area contributed by atoms with Crippen molar-refractivity contribution >= 4 is 0 Å². The van der Waals surface area contributed by atoms with Gasteiger partial charge in [-0.15, -0.1) is 0 Å². The summed E-state index contributed by atoms with van der Waals surface area (Å²) in [6.07, 6.45) is 13.7. The van der Waals surface area contributed by atoms with Crippen molar-refractivity contribution in [2.45, 2.75) is 78.2 Å². The Kier molecular flexibility index (Phi) is 9.71.